The molecule has 2 aromatic rings. The van der Waals surface area contributed by atoms with E-state index >= 15 is 0 Å². The number of alkyl halides is 3. The Morgan fingerprint density at radius 1 is 1.50 bits per heavy atom. The van der Waals surface area contributed by atoms with Gasteiger partial charge in [0, 0.05) is 5.39 Å². The lowest BCUT2D eigenvalue weighted by molar-refractivity contribution is -0.140. The Kier molecular flexibility index (Phi) is 3.68. The lowest BCUT2D eigenvalue weighted by atomic mass is 10.2. The summed E-state index contributed by atoms with van der Waals surface area (Å²) in [7, 11) is 0. The Balaban J connectivity index is 2.48. The van der Waals surface area contributed by atoms with Crippen molar-refractivity contribution in [3.8, 4) is 12.3 Å². The zero-order chi connectivity index (χ0) is 14.9. The molecule has 0 fully saturated rings. The molecule has 7 heteroatoms. The van der Waals surface area contributed by atoms with Gasteiger partial charge in [-0.2, -0.15) is 13.2 Å². The number of nitrogens with one attached hydrogen (secondary N) is 1. The summed E-state index contributed by atoms with van der Waals surface area (Å²) < 4.78 is 37.8. The maximum absolute atomic E-state index is 12.6. The average molecular weight is 298 g/mol. The third kappa shape index (κ3) is 2.60. The van der Waals surface area contributed by atoms with Gasteiger partial charge in [-0.3, -0.25) is 4.79 Å². The van der Waals surface area contributed by atoms with Gasteiger partial charge < -0.3 is 5.32 Å². The van der Waals surface area contributed by atoms with Gasteiger partial charge in [0.2, 0.25) is 0 Å². The number of carbonyl (C=O) groups is 1. The number of amides is 1. The van der Waals surface area contributed by atoms with Crippen LogP contribution in [0.4, 0.5) is 13.2 Å². The van der Waals surface area contributed by atoms with Crippen LogP contribution in [0.3, 0.4) is 0 Å². The Morgan fingerprint density at radius 2 is 2.20 bits per heavy atom. The molecule has 0 saturated heterocycles. The summed E-state index contributed by atoms with van der Waals surface area (Å²) in [6, 6.07) is 2.24. The fraction of sp³-hybridized carbons (Fsp3) is 0.231. The molecule has 1 N–H and O–H groups in total. The van der Waals surface area contributed by atoms with Gasteiger partial charge >= 0.3 is 6.18 Å². The van der Waals surface area contributed by atoms with E-state index in [4.69, 9.17) is 6.42 Å². The van der Waals surface area contributed by atoms with E-state index in [2.05, 4.69) is 16.2 Å². The van der Waals surface area contributed by atoms with Crippen LogP contribution in [0.15, 0.2) is 12.1 Å². The summed E-state index contributed by atoms with van der Waals surface area (Å²) in [6.07, 6.45) is 0.535. The number of halogens is 3. The predicted octanol–water partition coefficient (Wildman–Crippen LogP) is 2.99. The lowest BCUT2D eigenvalue weighted by Gasteiger charge is -2.04. The van der Waals surface area contributed by atoms with E-state index in [1.54, 1.807) is 6.92 Å². The number of aryl methyl sites for hydroxylation is 1. The largest absolute Gasteiger partial charge is 0.433 e. The molecule has 0 aromatic carbocycles. The number of aromatic nitrogens is 1. The topological polar surface area (TPSA) is 42.0 Å². The molecular formula is C13H9F3N2OS. The molecule has 0 radical (unpaired) electrons. The molecule has 0 aliphatic carbocycles. The van der Waals surface area contributed by atoms with Crippen molar-refractivity contribution in [3.05, 3.63) is 28.3 Å². The average Bonchev–Trinajstić information content (AvgIpc) is 2.72. The van der Waals surface area contributed by atoms with Crippen LogP contribution in [-0.4, -0.2) is 17.4 Å². The predicted molar refractivity (Wildman–Crippen MR) is 70.5 cm³/mol. The van der Waals surface area contributed by atoms with Crippen molar-refractivity contribution < 1.29 is 18.0 Å². The highest BCUT2D eigenvalue weighted by Gasteiger charge is 2.33. The van der Waals surface area contributed by atoms with Gasteiger partial charge in [0.15, 0.2) is 0 Å². The van der Waals surface area contributed by atoms with Crippen molar-refractivity contribution in [1.29, 1.82) is 0 Å². The monoisotopic (exact) mass is 298 g/mol. The normalized spacial score (nSPS) is 11.3. The fourth-order valence-corrected chi connectivity index (χ4v) is 2.78. The fourth-order valence-electron chi connectivity index (χ4n) is 1.69. The SMILES string of the molecule is C#CCNC(=O)c1sc2nc(C(F)(F)F)ccc2c1C. The number of rotatable bonds is 2. The minimum absolute atomic E-state index is 0.0632. The number of hydrogen-bond acceptors (Lipinski definition) is 3. The number of carbonyl (C=O) groups excluding carboxylic acids is 1. The first-order chi connectivity index (χ1) is 9.34. The maximum Gasteiger partial charge on any atom is 0.433 e. The summed E-state index contributed by atoms with van der Waals surface area (Å²) in [5.41, 5.74) is -0.373. The van der Waals surface area contributed by atoms with Crippen LogP contribution in [0, 0.1) is 19.3 Å². The Labute approximate surface area is 116 Å². The van der Waals surface area contributed by atoms with Crippen LogP contribution >= 0.6 is 11.3 Å². The molecule has 2 rings (SSSR count). The van der Waals surface area contributed by atoms with Gasteiger partial charge in [-0.05, 0) is 24.6 Å². The number of terminal acetylenes is 1. The molecule has 1 amide bonds. The van der Waals surface area contributed by atoms with Crippen molar-refractivity contribution in [2.45, 2.75) is 13.1 Å². The Hall–Kier alpha value is -2.07. The molecule has 104 valence electrons. The van der Waals surface area contributed by atoms with Crippen LogP contribution in [0.2, 0.25) is 0 Å². The van der Waals surface area contributed by atoms with Crippen molar-refractivity contribution in [2.24, 2.45) is 0 Å². The number of pyridine rings is 1. The van der Waals surface area contributed by atoms with E-state index in [9.17, 15) is 18.0 Å². The highest BCUT2D eigenvalue weighted by atomic mass is 32.1. The molecule has 3 nitrogen and oxygen atoms in total. The minimum atomic E-state index is -4.50. The first-order valence-corrected chi connectivity index (χ1v) is 6.35. The summed E-state index contributed by atoms with van der Waals surface area (Å²) in [5, 5.41) is 3.02. The molecule has 0 unspecified atom stereocenters. The van der Waals surface area contributed by atoms with Crippen LogP contribution < -0.4 is 5.32 Å². The highest BCUT2D eigenvalue weighted by Crippen LogP contribution is 2.34. The van der Waals surface area contributed by atoms with Crippen molar-refractivity contribution in [1.82, 2.24) is 10.3 Å². The van der Waals surface area contributed by atoms with E-state index in [0.29, 0.717) is 15.8 Å². The van der Waals surface area contributed by atoms with Crippen LogP contribution in [0.1, 0.15) is 20.9 Å². The molecule has 2 aromatic heterocycles. The van der Waals surface area contributed by atoms with Crippen molar-refractivity contribution in [3.63, 3.8) is 0 Å². The number of thiophene rings is 1. The molecule has 0 spiro atoms. The van der Waals surface area contributed by atoms with E-state index in [1.807, 2.05) is 0 Å². The third-order valence-corrected chi connectivity index (χ3v) is 3.85. The second kappa shape index (κ2) is 5.13. The molecule has 0 aliphatic heterocycles. The lowest BCUT2D eigenvalue weighted by Crippen LogP contribution is -2.23. The summed E-state index contributed by atoms with van der Waals surface area (Å²) in [6.45, 7) is 1.73. The number of fused-ring (bicyclic) bond motifs is 1. The van der Waals surface area contributed by atoms with Gasteiger partial charge in [0.05, 0.1) is 11.4 Å². The van der Waals surface area contributed by atoms with Gasteiger partial charge in [-0.1, -0.05) is 5.92 Å². The molecular weight excluding hydrogens is 289 g/mol. The van der Waals surface area contributed by atoms with Gasteiger partial charge in [0.25, 0.3) is 5.91 Å². The summed E-state index contributed by atoms with van der Waals surface area (Å²) in [5.74, 6) is 1.85. The first kappa shape index (κ1) is 14.3. The zero-order valence-electron chi connectivity index (χ0n) is 10.3. The van der Waals surface area contributed by atoms with Crippen LogP contribution in [-0.2, 0) is 6.18 Å². The van der Waals surface area contributed by atoms with E-state index < -0.39 is 17.8 Å². The number of hydrogen-bond donors (Lipinski definition) is 1. The van der Waals surface area contributed by atoms with E-state index in [-0.39, 0.29) is 11.4 Å². The summed E-state index contributed by atoms with van der Waals surface area (Å²) in [4.78, 5) is 15.9. The maximum atomic E-state index is 12.6. The Bertz CT molecular complexity index is 713. The van der Waals surface area contributed by atoms with Gasteiger partial charge in [-0.25, -0.2) is 4.98 Å². The number of nitrogens with zero attached hydrogens (tertiary/aromatic N) is 1. The third-order valence-electron chi connectivity index (χ3n) is 2.65. The standard InChI is InChI=1S/C13H9F3N2OS/c1-3-6-17-11(19)10-7(2)8-4-5-9(13(14,15)16)18-12(8)20-10/h1,4-5H,6H2,2H3,(H,17,19). The summed E-state index contributed by atoms with van der Waals surface area (Å²) >= 11 is 0.921. The van der Waals surface area contributed by atoms with Crippen molar-refractivity contribution in [2.75, 3.05) is 6.54 Å². The van der Waals surface area contributed by atoms with Gasteiger partial charge in [-0.15, -0.1) is 17.8 Å². The molecule has 2 heterocycles. The van der Waals surface area contributed by atoms with Gasteiger partial charge in [0.1, 0.15) is 10.5 Å². The van der Waals surface area contributed by atoms with Crippen LogP contribution in [0.25, 0.3) is 10.2 Å². The van der Waals surface area contributed by atoms with Crippen LogP contribution in [0.5, 0.6) is 0 Å². The quantitative estimate of drug-likeness (QED) is 0.866. The first-order valence-electron chi connectivity index (χ1n) is 5.53. The molecule has 0 bridgehead atoms. The molecule has 0 aliphatic rings. The smallest absolute Gasteiger partial charge is 0.340 e. The second-order valence-corrected chi connectivity index (χ2v) is 4.99. The van der Waals surface area contributed by atoms with E-state index in [0.717, 1.165) is 17.4 Å². The minimum Gasteiger partial charge on any atom is -0.340 e. The molecule has 0 atom stereocenters. The Morgan fingerprint density at radius 3 is 2.80 bits per heavy atom. The second-order valence-electron chi connectivity index (χ2n) is 3.99. The zero-order valence-corrected chi connectivity index (χ0v) is 11.2. The molecule has 0 saturated carbocycles. The highest BCUT2D eigenvalue weighted by molar-refractivity contribution is 7.20. The van der Waals surface area contributed by atoms with Crippen molar-refractivity contribution >= 4 is 27.5 Å². The van der Waals surface area contributed by atoms with E-state index in [1.165, 1.54) is 6.07 Å². The molecule has 20 heavy (non-hydrogen) atoms.